The third-order valence-corrected chi connectivity index (χ3v) is 2.17. The number of benzene rings is 1. The lowest BCUT2D eigenvalue weighted by atomic mass is 10.1. The highest BCUT2D eigenvalue weighted by molar-refractivity contribution is 5.21. The molecule has 0 saturated carbocycles. The molecule has 1 unspecified atom stereocenters. The molecule has 15 heavy (non-hydrogen) atoms. The number of rotatable bonds is 6. The van der Waals surface area contributed by atoms with E-state index in [1.807, 2.05) is 0 Å². The van der Waals surface area contributed by atoms with Crippen LogP contribution in [0.5, 0.6) is 5.75 Å². The van der Waals surface area contributed by atoms with Crippen molar-refractivity contribution in [3.63, 3.8) is 0 Å². The fraction of sp³-hybridized carbons (Fsp3) is 0.455. The van der Waals surface area contributed by atoms with Crippen molar-refractivity contribution in [1.82, 2.24) is 0 Å². The van der Waals surface area contributed by atoms with Crippen molar-refractivity contribution in [2.45, 2.75) is 6.42 Å². The maximum atomic E-state index is 12.6. The van der Waals surface area contributed by atoms with E-state index in [2.05, 4.69) is 0 Å². The summed E-state index contributed by atoms with van der Waals surface area (Å²) >= 11 is 0. The van der Waals surface area contributed by atoms with Gasteiger partial charge in [0, 0.05) is 12.5 Å². The van der Waals surface area contributed by atoms with Gasteiger partial charge in [0.2, 0.25) is 0 Å². The molecule has 0 bridgehead atoms. The Balaban J connectivity index is 2.38. The highest BCUT2D eigenvalue weighted by atomic mass is 19.1. The van der Waals surface area contributed by atoms with Crippen LogP contribution in [0.2, 0.25) is 0 Å². The highest BCUT2D eigenvalue weighted by Crippen LogP contribution is 2.12. The van der Waals surface area contributed by atoms with Gasteiger partial charge < -0.3 is 15.6 Å². The summed E-state index contributed by atoms with van der Waals surface area (Å²) in [6.07, 6.45) is 0.623. The summed E-state index contributed by atoms with van der Waals surface area (Å²) in [5.74, 6) is 0.473. The van der Waals surface area contributed by atoms with Gasteiger partial charge in [-0.1, -0.05) is 0 Å². The third kappa shape index (κ3) is 4.27. The summed E-state index contributed by atoms with van der Waals surface area (Å²) in [6.45, 7) is 1.03. The Kier molecular flexibility index (Phi) is 5.07. The maximum Gasteiger partial charge on any atom is 0.123 e. The van der Waals surface area contributed by atoms with Crippen molar-refractivity contribution < 1.29 is 14.2 Å². The molecule has 3 nitrogen and oxygen atoms in total. The molecule has 0 fully saturated rings. The van der Waals surface area contributed by atoms with Crippen molar-refractivity contribution >= 4 is 0 Å². The quantitative estimate of drug-likeness (QED) is 0.745. The first-order valence-electron chi connectivity index (χ1n) is 4.95. The predicted molar refractivity (Wildman–Crippen MR) is 56.1 cm³/mol. The normalized spacial score (nSPS) is 12.5. The lowest BCUT2D eigenvalue weighted by Gasteiger charge is -2.14. The standard InChI is InChI=1S/C11H16FNO2/c12-10-1-3-11(4-2-10)15-8-9(7-13)5-6-14/h1-4,9,14H,5-8,13H2. The van der Waals surface area contributed by atoms with Crippen LogP contribution in [0, 0.1) is 11.7 Å². The van der Waals surface area contributed by atoms with Gasteiger partial charge in [-0.25, -0.2) is 4.39 Å². The number of nitrogens with two attached hydrogens (primary N) is 1. The summed E-state index contributed by atoms with van der Waals surface area (Å²) in [7, 11) is 0. The number of aliphatic hydroxyl groups excluding tert-OH is 1. The summed E-state index contributed by atoms with van der Waals surface area (Å²) in [4.78, 5) is 0. The lowest BCUT2D eigenvalue weighted by Crippen LogP contribution is -2.22. The molecule has 84 valence electrons. The van der Waals surface area contributed by atoms with Gasteiger partial charge >= 0.3 is 0 Å². The highest BCUT2D eigenvalue weighted by Gasteiger charge is 2.06. The fourth-order valence-electron chi connectivity index (χ4n) is 1.20. The summed E-state index contributed by atoms with van der Waals surface area (Å²) in [5, 5.41) is 8.74. The molecule has 1 rings (SSSR count). The molecule has 0 saturated heterocycles. The monoisotopic (exact) mass is 213 g/mol. The molecule has 0 aliphatic carbocycles. The fourth-order valence-corrected chi connectivity index (χ4v) is 1.20. The molecule has 3 N–H and O–H groups in total. The number of hydrogen-bond donors (Lipinski definition) is 2. The number of ether oxygens (including phenoxy) is 1. The van der Waals surface area contributed by atoms with Crippen LogP contribution >= 0.6 is 0 Å². The second-order valence-corrected chi connectivity index (χ2v) is 3.38. The first-order valence-corrected chi connectivity index (χ1v) is 4.95. The molecule has 0 amide bonds. The van der Waals surface area contributed by atoms with Crippen molar-refractivity contribution in [3.05, 3.63) is 30.1 Å². The van der Waals surface area contributed by atoms with Gasteiger partial charge in [-0.05, 0) is 37.2 Å². The van der Waals surface area contributed by atoms with E-state index in [1.54, 1.807) is 12.1 Å². The zero-order valence-electron chi connectivity index (χ0n) is 8.53. The van der Waals surface area contributed by atoms with E-state index in [1.165, 1.54) is 12.1 Å². The Hall–Kier alpha value is -1.13. The van der Waals surface area contributed by atoms with Crippen LogP contribution in [0.15, 0.2) is 24.3 Å². The van der Waals surface area contributed by atoms with Gasteiger partial charge in [-0.2, -0.15) is 0 Å². The largest absolute Gasteiger partial charge is 0.493 e. The molecular weight excluding hydrogens is 197 g/mol. The lowest BCUT2D eigenvalue weighted by molar-refractivity contribution is 0.201. The molecule has 0 radical (unpaired) electrons. The van der Waals surface area contributed by atoms with Gasteiger partial charge in [0.25, 0.3) is 0 Å². The smallest absolute Gasteiger partial charge is 0.123 e. The van der Waals surface area contributed by atoms with Crippen LogP contribution in [-0.2, 0) is 0 Å². The van der Waals surface area contributed by atoms with Crippen molar-refractivity contribution in [3.8, 4) is 5.75 Å². The molecule has 4 heteroatoms. The van der Waals surface area contributed by atoms with Gasteiger partial charge in [0.05, 0.1) is 6.61 Å². The Morgan fingerprint density at radius 2 is 2.00 bits per heavy atom. The minimum absolute atomic E-state index is 0.106. The van der Waals surface area contributed by atoms with E-state index in [0.29, 0.717) is 25.3 Å². The van der Waals surface area contributed by atoms with Crippen LogP contribution in [0.1, 0.15) is 6.42 Å². The van der Waals surface area contributed by atoms with Gasteiger partial charge in [-0.15, -0.1) is 0 Å². The second kappa shape index (κ2) is 6.37. The van der Waals surface area contributed by atoms with E-state index in [-0.39, 0.29) is 18.3 Å². The van der Waals surface area contributed by atoms with Crippen LogP contribution in [0.4, 0.5) is 4.39 Å². The molecular formula is C11H16FNO2. The summed E-state index contributed by atoms with van der Waals surface area (Å²) in [5.41, 5.74) is 5.50. The van der Waals surface area contributed by atoms with Crippen molar-refractivity contribution in [1.29, 1.82) is 0 Å². The Bertz CT molecular complexity index is 276. The maximum absolute atomic E-state index is 12.6. The zero-order chi connectivity index (χ0) is 11.1. The van der Waals surface area contributed by atoms with Crippen LogP contribution in [0.3, 0.4) is 0 Å². The number of aliphatic hydroxyl groups is 1. The Morgan fingerprint density at radius 1 is 1.33 bits per heavy atom. The first-order chi connectivity index (χ1) is 7.26. The van der Waals surface area contributed by atoms with Crippen LogP contribution < -0.4 is 10.5 Å². The topological polar surface area (TPSA) is 55.5 Å². The average molecular weight is 213 g/mol. The first kappa shape index (κ1) is 11.9. The molecule has 1 aromatic rings. The molecule has 1 aromatic carbocycles. The number of hydrogen-bond acceptors (Lipinski definition) is 3. The summed E-state index contributed by atoms with van der Waals surface area (Å²) in [6, 6.07) is 5.83. The SMILES string of the molecule is NCC(CCO)COc1ccc(F)cc1. The average Bonchev–Trinajstić information content (AvgIpc) is 2.26. The van der Waals surface area contributed by atoms with E-state index in [9.17, 15) is 4.39 Å². The Morgan fingerprint density at radius 3 is 2.53 bits per heavy atom. The van der Waals surface area contributed by atoms with Crippen molar-refractivity contribution in [2.75, 3.05) is 19.8 Å². The third-order valence-electron chi connectivity index (χ3n) is 2.17. The predicted octanol–water partition coefficient (Wildman–Crippen LogP) is 1.16. The van der Waals surface area contributed by atoms with E-state index < -0.39 is 0 Å². The van der Waals surface area contributed by atoms with Crippen LogP contribution in [0.25, 0.3) is 0 Å². The van der Waals surface area contributed by atoms with Gasteiger partial charge in [0.15, 0.2) is 0 Å². The minimum atomic E-state index is -0.284. The van der Waals surface area contributed by atoms with E-state index in [0.717, 1.165) is 0 Å². The Labute approximate surface area is 88.7 Å². The molecule has 0 aliphatic rings. The number of halogens is 1. The van der Waals surface area contributed by atoms with E-state index >= 15 is 0 Å². The van der Waals surface area contributed by atoms with Crippen molar-refractivity contribution in [2.24, 2.45) is 11.7 Å². The molecule has 1 atom stereocenters. The van der Waals surface area contributed by atoms with Crippen LogP contribution in [-0.4, -0.2) is 24.9 Å². The van der Waals surface area contributed by atoms with E-state index in [4.69, 9.17) is 15.6 Å². The molecule has 0 heterocycles. The van der Waals surface area contributed by atoms with Gasteiger partial charge in [0.1, 0.15) is 11.6 Å². The summed E-state index contributed by atoms with van der Waals surface area (Å²) < 4.78 is 18.0. The minimum Gasteiger partial charge on any atom is -0.493 e. The van der Waals surface area contributed by atoms with Gasteiger partial charge in [-0.3, -0.25) is 0 Å². The molecule has 0 aliphatic heterocycles. The second-order valence-electron chi connectivity index (χ2n) is 3.38. The molecule has 0 aromatic heterocycles. The molecule has 0 spiro atoms. The zero-order valence-corrected chi connectivity index (χ0v) is 8.53.